The van der Waals surface area contributed by atoms with Crippen molar-refractivity contribution in [1.29, 1.82) is 0 Å². The van der Waals surface area contributed by atoms with Crippen LogP contribution in [0.2, 0.25) is 0 Å². The molecular weight excluding hydrogens is 430 g/mol. The van der Waals surface area contributed by atoms with Gasteiger partial charge in [0, 0.05) is 6.04 Å². The number of carbonyl (C=O) groups excluding carboxylic acids is 1. The molecule has 0 unspecified atom stereocenters. The molecule has 0 aliphatic carbocycles. The lowest BCUT2D eigenvalue weighted by Gasteiger charge is -2.28. The lowest BCUT2D eigenvalue weighted by atomic mass is 10.1. The highest BCUT2D eigenvalue weighted by Crippen LogP contribution is 2.33. The predicted molar refractivity (Wildman–Crippen MR) is 130 cm³/mol. The highest BCUT2D eigenvalue weighted by molar-refractivity contribution is 5.91. The Morgan fingerprint density at radius 2 is 1.76 bits per heavy atom. The Morgan fingerprint density at radius 1 is 1.06 bits per heavy atom. The van der Waals surface area contributed by atoms with Gasteiger partial charge in [-0.15, -0.1) is 0 Å². The highest BCUT2D eigenvalue weighted by atomic mass is 16.5. The summed E-state index contributed by atoms with van der Waals surface area (Å²) >= 11 is 0. The summed E-state index contributed by atoms with van der Waals surface area (Å²) in [5, 5.41) is 4.78. The van der Waals surface area contributed by atoms with Gasteiger partial charge in [0.2, 0.25) is 5.88 Å². The first-order chi connectivity index (χ1) is 16.5. The second kappa shape index (κ2) is 10.3. The largest absolute Gasteiger partial charge is 0.497 e. The summed E-state index contributed by atoms with van der Waals surface area (Å²) in [6.45, 7) is 6.35. The van der Waals surface area contributed by atoms with E-state index in [1.54, 1.807) is 28.8 Å². The van der Waals surface area contributed by atoms with Crippen molar-refractivity contribution in [3.63, 3.8) is 0 Å². The number of furan rings is 1. The molecule has 0 saturated carbocycles. The summed E-state index contributed by atoms with van der Waals surface area (Å²) in [5.41, 5.74) is 2.49. The van der Waals surface area contributed by atoms with E-state index < -0.39 is 0 Å². The summed E-state index contributed by atoms with van der Waals surface area (Å²) in [6.07, 6.45) is 2.31. The van der Waals surface area contributed by atoms with Gasteiger partial charge in [0.15, 0.2) is 5.76 Å². The molecule has 0 N–H and O–H groups in total. The van der Waals surface area contributed by atoms with E-state index in [2.05, 4.69) is 6.92 Å². The summed E-state index contributed by atoms with van der Waals surface area (Å²) in [4.78, 5) is 15.1. The van der Waals surface area contributed by atoms with E-state index in [0.717, 1.165) is 29.1 Å². The average molecular weight is 460 g/mol. The van der Waals surface area contributed by atoms with Crippen molar-refractivity contribution in [3.05, 3.63) is 90.0 Å². The quantitative estimate of drug-likeness (QED) is 0.306. The molecule has 0 bridgehead atoms. The van der Waals surface area contributed by atoms with Gasteiger partial charge in [-0.2, -0.15) is 5.10 Å². The molecule has 0 aliphatic rings. The maximum atomic E-state index is 13.3. The predicted octanol–water partition coefficient (Wildman–Crippen LogP) is 6.02. The van der Waals surface area contributed by atoms with Crippen LogP contribution in [0.25, 0.3) is 5.69 Å². The molecule has 34 heavy (non-hydrogen) atoms. The average Bonchev–Trinajstić information content (AvgIpc) is 3.52. The fourth-order valence-electron chi connectivity index (χ4n) is 3.69. The van der Waals surface area contributed by atoms with Gasteiger partial charge < -0.3 is 18.8 Å². The number of aryl methyl sites for hydroxylation is 1. The molecule has 7 nitrogen and oxygen atoms in total. The van der Waals surface area contributed by atoms with Crippen molar-refractivity contribution >= 4 is 5.91 Å². The number of amides is 1. The molecule has 0 aliphatic heterocycles. The maximum absolute atomic E-state index is 13.3. The molecule has 2 heterocycles. The van der Waals surface area contributed by atoms with E-state index in [4.69, 9.17) is 19.0 Å². The molecule has 1 atom stereocenters. The third-order valence-corrected chi connectivity index (χ3v) is 5.86. The van der Waals surface area contributed by atoms with Gasteiger partial charge in [-0.05, 0) is 68.8 Å². The number of methoxy groups -OCH3 is 1. The third kappa shape index (κ3) is 4.83. The third-order valence-electron chi connectivity index (χ3n) is 5.86. The van der Waals surface area contributed by atoms with E-state index >= 15 is 0 Å². The van der Waals surface area contributed by atoms with Crippen molar-refractivity contribution in [2.45, 2.75) is 39.8 Å². The number of rotatable bonds is 9. The van der Waals surface area contributed by atoms with Crippen LogP contribution >= 0.6 is 0 Å². The zero-order valence-electron chi connectivity index (χ0n) is 19.9. The first-order valence-corrected chi connectivity index (χ1v) is 11.3. The van der Waals surface area contributed by atoms with E-state index in [1.807, 2.05) is 68.4 Å². The van der Waals surface area contributed by atoms with Crippen LogP contribution in [-0.4, -0.2) is 33.7 Å². The van der Waals surface area contributed by atoms with Crippen LogP contribution in [0.3, 0.4) is 0 Å². The molecule has 0 saturated heterocycles. The van der Waals surface area contributed by atoms with E-state index in [1.165, 1.54) is 6.26 Å². The molecule has 2 aromatic carbocycles. The summed E-state index contributed by atoms with van der Waals surface area (Å²) in [7, 11) is 1.63. The van der Waals surface area contributed by atoms with Crippen molar-refractivity contribution in [2.24, 2.45) is 0 Å². The molecule has 7 heteroatoms. The van der Waals surface area contributed by atoms with Gasteiger partial charge in [-0.25, -0.2) is 4.68 Å². The standard InChI is InChI=1S/C27H29N3O4/c1-5-19(2)29(26(31)25-12-9-17-33-25)18-24-20(3)28-30(21-10-7-6-8-11-21)27(24)34-23-15-13-22(32-4)14-16-23/h6-17,19H,5,18H2,1-4H3/t19-/m1/s1. The number of hydrogen-bond acceptors (Lipinski definition) is 5. The zero-order chi connectivity index (χ0) is 24.1. The molecule has 4 rings (SSSR count). The molecule has 2 aromatic heterocycles. The maximum Gasteiger partial charge on any atom is 0.290 e. The molecular formula is C27H29N3O4. The lowest BCUT2D eigenvalue weighted by Crippen LogP contribution is -2.37. The molecule has 0 fully saturated rings. The molecule has 0 spiro atoms. The van der Waals surface area contributed by atoms with Gasteiger partial charge in [-0.1, -0.05) is 25.1 Å². The van der Waals surface area contributed by atoms with E-state index in [0.29, 0.717) is 23.9 Å². The Hall–Kier alpha value is -4.00. The monoisotopic (exact) mass is 459 g/mol. The minimum absolute atomic E-state index is 0.00842. The Morgan fingerprint density at radius 3 is 2.38 bits per heavy atom. The zero-order valence-corrected chi connectivity index (χ0v) is 19.9. The normalized spacial score (nSPS) is 11.8. The number of aromatic nitrogens is 2. The minimum atomic E-state index is -0.165. The van der Waals surface area contributed by atoms with Crippen molar-refractivity contribution in [1.82, 2.24) is 14.7 Å². The second-order valence-corrected chi connectivity index (χ2v) is 8.06. The number of para-hydroxylation sites is 1. The topological polar surface area (TPSA) is 69.7 Å². The number of ether oxygens (including phenoxy) is 2. The number of hydrogen-bond donors (Lipinski definition) is 0. The minimum Gasteiger partial charge on any atom is -0.497 e. The Bertz CT molecular complexity index is 1220. The van der Waals surface area contributed by atoms with Crippen LogP contribution in [0, 0.1) is 6.92 Å². The fraction of sp³-hybridized carbons (Fsp3) is 0.259. The van der Waals surface area contributed by atoms with Crippen LogP contribution < -0.4 is 9.47 Å². The summed E-state index contributed by atoms with van der Waals surface area (Å²) < 4.78 is 18.8. The SMILES string of the molecule is CC[C@@H](C)N(Cc1c(C)nn(-c2ccccc2)c1Oc1ccc(OC)cc1)C(=O)c1ccco1. The van der Waals surface area contributed by atoms with Gasteiger partial charge in [0.1, 0.15) is 11.5 Å². The van der Waals surface area contributed by atoms with Gasteiger partial charge in [0.25, 0.3) is 5.91 Å². The van der Waals surface area contributed by atoms with Crippen LogP contribution in [0.1, 0.15) is 42.1 Å². The van der Waals surface area contributed by atoms with Crippen molar-refractivity contribution < 1.29 is 18.7 Å². The van der Waals surface area contributed by atoms with Crippen LogP contribution in [0.5, 0.6) is 17.4 Å². The van der Waals surface area contributed by atoms with Crippen LogP contribution in [0.15, 0.2) is 77.4 Å². The van der Waals surface area contributed by atoms with E-state index in [-0.39, 0.29) is 11.9 Å². The number of benzene rings is 2. The van der Waals surface area contributed by atoms with Gasteiger partial charge >= 0.3 is 0 Å². The number of nitrogens with zero attached hydrogens (tertiary/aromatic N) is 3. The summed E-state index contributed by atoms with van der Waals surface area (Å²) in [6, 6.07) is 20.6. The molecule has 1 amide bonds. The van der Waals surface area contributed by atoms with Gasteiger partial charge in [0.05, 0.1) is 36.9 Å². The second-order valence-electron chi connectivity index (χ2n) is 8.06. The highest BCUT2D eigenvalue weighted by Gasteiger charge is 2.28. The Labute approximate surface area is 199 Å². The van der Waals surface area contributed by atoms with Crippen molar-refractivity contribution in [3.8, 4) is 23.1 Å². The molecule has 0 radical (unpaired) electrons. The smallest absolute Gasteiger partial charge is 0.290 e. The summed E-state index contributed by atoms with van der Waals surface area (Å²) in [5.74, 6) is 2.10. The van der Waals surface area contributed by atoms with Crippen molar-refractivity contribution in [2.75, 3.05) is 7.11 Å². The van der Waals surface area contributed by atoms with Gasteiger partial charge in [-0.3, -0.25) is 4.79 Å². The first kappa shape index (κ1) is 23.2. The molecule has 4 aromatic rings. The Kier molecular flexibility index (Phi) is 7.01. The van der Waals surface area contributed by atoms with Crippen LogP contribution in [0.4, 0.5) is 0 Å². The van der Waals surface area contributed by atoms with Crippen LogP contribution in [-0.2, 0) is 6.54 Å². The first-order valence-electron chi connectivity index (χ1n) is 11.3. The molecule has 176 valence electrons. The van der Waals surface area contributed by atoms with E-state index in [9.17, 15) is 4.79 Å². The fourth-order valence-corrected chi connectivity index (χ4v) is 3.69. The Balaban J connectivity index is 1.77. The lowest BCUT2D eigenvalue weighted by molar-refractivity contribution is 0.0637. The number of carbonyl (C=O) groups is 1.